The van der Waals surface area contributed by atoms with Crippen molar-refractivity contribution in [3.05, 3.63) is 58.1 Å². The van der Waals surface area contributed by atoms with Crippen LogP contribution in [0, 0.1) is 0 Å². The molecule has 0 bridgehead atoms. The predicted octanol–water partition coefficient (Wildman–Crippen LogP) is 3.98. The van der Waals surface area contributed by atoms with E-state index in [1.807, 2.05) is 0 Å². The number of aliphatic hydroxyl groups is 1. The number of hydrogen-bond acceptors (Lipinski definition) is 4. The topological polar surface area (TPSA) is 70.6 Å². The standard InChI is InChI=1S/C18H17Cl2F3N2O3/c19-14-5-2-6-15(17(14)20)28-10-13(26)8-25-16(27)9-24-12-4-1-3-11(7-12)18(21,22)23/h1-7,13,24,26H,8-10H2,(H,25,27). The molecule has 5 nitrogen and oxygen atoms in total. The molecule has 1 atom stereocenters. The summed E-state index contributed by atoms with van der Waals surface area (Å²) in [5, 5.41) is 15.4. The van der Waals surface area contributed by atoms with E-state index in [0.717, 1.165) is 12.1 Å². The third-order valence-corrected chi connectivity index (χ3v) is 4.33. The molecule has 1 unspecified atom stereocenters. The molecule has 2 rings (SSSR count). The number of halogens is 5. The second kappa shape index (κ2) is 9.86. The molecule has 0 aliphatic rings. The first-order chi connectivity index (χ1) is 13.2. The van der Waals surface area contributed by atoms with Gasteiger partial charge in [-0.3, -0.25) is 4.79 Å². The quantitative estimate of drug-likeness (QED) is 0.585. The Morgan fingerprint density at radius 1 is 1.18 bits per heavy atom. The Morgan fingerprint density at radius 2 is 1.89 bits per heavy atom. The zero-order chi connectivity index (χ0) is 20.7. The Hall–Kier alpha value is -2.16. The van der Waals surface area contributed by atoms with Crippen molar-refractivity contribution in [2.75, 3.05) is 25.0 Å². The highest BCUT2D eigenvalue weighted by molar-refractivity contribution is 6.42. The molecule has 0 spiro atoms. The molecule has 2 aromatic rings. The number of alkyl halides is 3. The SMILES string of the molecule is O=C(CNc1cccc(C(F)(F)F)c1)NCC(O)COc1cccc(Cl)c1Cl. The normalized spacial score (nSPS) is 12.4. The van der Waals surface area contributed by atoms with E-state index in [1.165, 1.54) is 12.1 Å². The van der Waals surface area contributed by atoms with Crippen LogP contribution in [0.1, 0.15) is 5.56 Å². The van der Waals surface area contributed by atoms with Crippen LogP contribution in [-0.2, 0) is 11.0 Å². The molecule has 0 heterocycles. The maximum atomic E-state index is 12.7. The van der Waals surface area contributed by atoms with Crippen molar-refractivity contribution in [2.45, 2.75) is 12.3 Å². The molecule has 10 heteroatoms. The van der Waals surface area contributed by atoms with Gasteiger partial charge >= 0.3 is 6.18 Å². The summed E-state index contributed by atoms with van der Waals surface area (Å²) in [7, 11) is 0. The smallest absolute Gasteiger partial charge is 0.416 e. The van der Waals surface area contributed by atoms with E-state index in [0.29, 0.717) is 10.8 Å². The maximum absolute atomic E-state index is 12.7. The first kappa shape index (κ1) is 22.1. The van der Waals surface area contributed by atoms with Gasteiger partial charge in [0.2, 0.25) is 5.91 Å². The Morgan fingerprint density at radius 3 is 2.61 bits per heavy atom. The number of nitrogens with one attached hydrogen (secondary N) is 2. The lowest BCUT2D eigenvalue weighted by molar-refractivity contribution is -0.137. The Kier molecular flexibility index (Phi) is 7.79. The predicted molar refractivity (Wildman–Crippen MR) is 101 cm³/mol. The van der Waals surface area contributed by atoms with Gasteiger partial charge in [0, 0.05) is 12.2 Å². The minimum atomic E-state index is -4.46. The fourth-order valence-electron chi connectivity index (χ4n) is 2.12. The van der Waals surface area contributed by atoms with Crippen LogP contribution in [0.4, 0.5) is 18.9 Å². The summed E-state index contributed by atoms with van der Waals surface area (Å²) >= 11 is 11.8. The minimum Gasteiger partial charge on any atom is -0.489 e. The lowest BCUT2D eigenvalue weighted by atomic mass is 10.2. The Balaban J connectivity index is 1.74. The van der Waals surface area contributed by atoms with Crippen molar-refractivity contribution in [1.29, 1.82) is 0 Å². The van der Waals surface area contributed by atoms with E-state index in [4.69, 9.17) is 27.9 Å². The van der Waals surface area contributed by atoms with Gasteiger partial charge in [-0.05, 0) is 30.3 Å². The van der Waals surface area contributed by atoms with Gasteiger partial charge in [-0.15, -0.1) is 0 Å². The molecule has 0 radical (unpaired) electrons. The van der Waals surface area contributed by atoms with Crippen molar-refractivity contribution in [3.8, 4) is 5.75 Å². The number of carbonyl (C=O) groups excluding carboxylic acids is 1. The Bertz CT molecular complexity index is 819. The van der Waals surface area contributed by atoms with Crippen molar-refractivity contribution in [3.63, 3.8) is 0 Å². The summed E-state index contributed by atoms with van der Waals surface area (Å²) in [6.45, 7) is -0.502. The molecule has 1 amide bonds. The molecule has 3 N–H and O–H groups in total. The van der Waals surface area contributed by atoms with Crippen LogP contribution >= 0.6 is 23.2 Å². The lowest BCUT2D eigenvalue weighted by Gasteiger charge is -2.15. The van der Waals surface area contributed by atoms with Crippen LogP contribution in [0.3, 0.4) is 0 Å². The van der Waals surface area contributed by atoms with Gasteiger partial charge in [-0.2, -0.15) is 13.2 Å². The van der Waals surface area contributed by atoms with E-state index in [2.05, 4.69) is 10.6 Å². The van der Waals surface area contributed by atoms with Crippen molar-refractivity contribution in [1.82, 2.24) is 5.32 Å². The largest absolute Gasteiger partial charge is 0.489 e. The number of anilines is 1. The molecule has 28 heavy (non-hydrogen) atoms. The van der Waals surface area contributed by atoms with Gasteiger partial charge in [0.05, 0.1) is 17.1 Å². The van der Waals surface area contributed by atoms with Gasteiger partial charge in [0.1, 0.15) is 23.5 Å². The second-order valence-corrected chi connectivity index (χ2v) is 6.54. The van der Waals surface area contributed by atoms with E-state index >= 15 is 0 Å². The van der Waals surface area contributed by atoms with Crippen LogP contribution in [0.15, 0.2) is 42.5 Å². The van der Waals surface area contributed by atoms with Crippen molar-refractivity contribution < 1.29 is 27.8 Å². The third-order valence-electron chi connectivity index (χ3n) is 3.53. The van der Waals surface area contributed by atoms with Gasteiger partial charge in [0.15, 0.2) is 0 Å². The minimum absolute atomic E-state index is 0.110. The summed E-state index contributed by atoms with van der Waals surface area (Å²) in [6.07, 6.45) is -5.48. The van der Waals surface area contributed by atoms with E-state index < -0.39 is 23.8 Å². The molecule has 2 aromatic carbocycles. The van der Waals surface area contributed by atoms with Crippen LogP contribution in [0.5, 0.6) is 5.75 Å². The summed E-state index contributed by atoms with van der Waals surface area (Å²) in [6, 6.07) is 9.31. The molecule has 0 saturated heterocycles. The summed E-state index contributed by atoms with van der Waals surface area (Å²) < 4.78 is 43.3. The number of carbonyl (C=O) groups is 1. The van der Waals surface area contributed by atoms with E-state index in [9.17, 15) is 23.1 Å². The highest BCUT2D eigenvalue weighted by Crippen LogP contribution is 2.31. The number of aliphatic hydroxyl groups excluding tert-OH is 1. The molecule has 0 aliphatic carbocycles. The van der Waals surface area contributed by atoms with Gasteiger partial charge in [-0.1, -0.05) is 35.3 Å². The highest BCUT2D eigenvalue weighted by Gasteiger charge is 2.30. The van der Waals surface area contributed by atoms with Crippen LogP contribution in [0.2, 0.25) is 10.0 Å². The number of amides is 1. The third kappa shape index (κ3) is 6.78. The van der Waals surface area contributed by atoms with Crippen LogP contribution in [-0.4, -0.2) is 36.8 Å². The molecule has 0 fully saturated rings. The molecular weight excluding hydrogens is 420 g/mol. The monoisotopic (exact) mass is 436 g/mol. The molecule has 0 aromatic heterocycles. The highest BCUT2D eigenvalue weighted by atomic mass is 35.5. The van der Waals surface area contributed by atoms with E-state index in [-0.39, 0.29) is 30.4 Å². The first-order valence-electron chi connectivity index (χ1n) is 8.09. The lowest BCUT2D eigenvalue weighted by Crippen LogP contribution is -2.38. The molecule has 152 valence electrons. The zero-order valence-corrected chi connectivity index (χ0v) is 15.9. The number of hydrogen-bond donors (Lipinski definition) is 3. The molecule has 0 aliphatic heterocycles. The fourth-order valence-corrected chi connectivity index (χ4v) is 2.47. The second-order valence-electron chi connectivity index (χ2n) is 5.75. The zero-order valence-electron chi connectivity index (χ0n) is 14.4. The van der Waals surface area contributed by atoms with Gasteiger partial charge in [0.25, 0.3) is 0 Å². The molecular formula is C18H17Cl2F3N2O3. The average molecular weight is 437 g/mol. The summed E-state index contributed by atoms with van der Waals surface area (Å²) in [5.41, 5.74) is -0.658. The number of ether oxygens (including phenoxy) is 1. The number of benzene rings is 2. The fraction of sp³-hybridized carbons (Fsp3) is 0.278. The van der Waals surface area contributed by atoms with Crippen molar-refractivity contribution in [2.24, 2.45) is 0 Å². The maximum Gasteiger partial charge on any atom is 0.416 e. The van der Waals surface area contributed by atoms with Crippen LogP contribution in [0.25, 0.3) is 0 Å². The van der Waals surface area contributed by atoms with Crippen molar-refractivity contribution >= 4 is 34.8 Å². The first-order valence-corrected chi connectivity index (χ1v) is 8.85. The van der Waals surface area contributed by atoms with Gasteiger partial charge in [-0.25, -0.2) is 0 Å². The van der Waals surface area contributed by atoms with Gasteiger partial charge < -0.3 is 20.5 Å². The number of rotatable bonds is 8. The van der Waals surface area contributed by atoms with E-state index in [1.54, 1.807) is 18.2 Å². The molecule has 0 saturated carbocycles. The summed E-state index contributed by atoms with van der Waals surface area (Å²) in [4.78, 5) is 11.8. The summed E-state index contributed by atoms with van der Waals surface area (Å²) in [5.74, 6) is -0.206. The van der Waals surface area contributed by atoms with Crippen LogP contribution < -0.4 is 15.4 Å². The Labute approximate surface area is 169 Å². The average Bonchev–Trinajstić information content (AvgIpc) is 2.65.